The van der Waals surface area contributed by atoms with Crippen molar-refractivity contribution in [2.45, 2.75) is 12.1 Å². The van der Waals surface area contributed by atoms with Gasteiger partial charge >= 0.3 is 5.97 Å². The van der Waals surface area contributed by atoms with Crippen molar-refractivity contribution < 1.29 is 22.7 Å². The number of sulfone groups is 1. The quantitative estimate of drug-likeness (QED) is 0.851. The van der Waals surface area contributed by atoms with Gasteiger partial charge in [0.1, 0.15) is 11.9 Å². The van der Waals surface area contributed by atoms with Gasteiger partial charge in [0, 0.05) is 6.04 Å². The SMILES string of the molecule is O=C(O)C1CS(=O)(=O)CC(c2ccc(F)c(Cl)c2)N1. The van der Waals surface area contributed by atoms with Crippen LogP contribution in [0.15, 0.2) is 18.2 Å². The molecule has 1 aliphatic heterocycles. The molecule has 2 atom stereocenters. The van der Waals surface area contributed by atoms with Gasteiger partial charge in [0.05, 0.1) is 16.5 Å². The lowest BCUT2D eigenvalue weighted by molar-refractivity contribution is -0.139. The van der Waals surface area contributed by atoms with Gasteiger partial charge in [0.15, 0.2) is 9.84 Å². The average molecular weight is 308 g/mol. The zero-order valence-corrected chi connectivity index (χ0v) is 11.2. The van der Waals surface area contributed by atoms with Gasteiger partial charge in [-0.25, -0.2) is 12.8 Å². The molecule has 1 aromatic rings. The fraction of sp³-hybridized carbons (Fsp3) is 0.364. The van der Waals surface area contributed by atoms with E-state index < -0.39 is 39.5 Å². The molecule has 0 aliphatic carbocycles. The predicted octanol–water partition coefficient (Wildman–Crippen LogP) is 0.991. The summed E-state index contributed by atoms with van der Waals surface area (Å²) in [5.41, 5.74) is 0.445. The van der Waals surface area contributed by atoms with Gasteiger partial charge in [0.2, 0.25) is 0 Å². The third-order valence-electron chi connectivity index (χ3n) is 2.89. The van der Waals surface area contributed by atoms with Crippen molar-refractivity contribution in [1.82, 2.24) is 5.32 Å². The molecule has 1 fully saturated rings. The minimum absolute atomic E-state index is 0.130. The Labute approximate surface area is 114 Å². The lowest BCUT2D eigenvalue weighted by Gasteiger charge is -2.28. The maximum Gasteiger partial charge on any atom is 0.321 e. The molecule has 1 saturated heterocycles. The Kier molecular flexibility index (Phi) is 3.80. The van der Waals surface area contributed by atoms with Crippen LogP contribution in [-0.4, -0.2) is 37.0 Å². The van der Waals surface area contributed by atoms with Gasteiger partial charge < -0.3 is 5.11 Å². The summed E-state index contributed by atoms with van der Waals surface area (Å²) in [6.07, 6.45) is 0. The van der Waals surface area contributed by atoms with Crippen LogP contribution in [0.3, 0.4) is 0 Å². The normalized spacial score (nSPS) is 26.0. The molecule has 2 N–H and O–H groups in total. The van der Waals surface area contributed by atoms with Gasteiger partial charge in [-0.2, -0.15) is 0 Å². The van der Waals surface area contributed by atoms with Crippen molar-refractivity contribution in [3.05, 3.63) is 34.6 Å². The molecule has 1 aromatic carbocycles. The van der Waals surface area contributed by atoms with Gasteiger partial charge in [-0.15, -0.1) is 0 Å². The van der Waals surface area contributed by atoms with E-state index in [0.717, 1.165) is 6.07 Å². The van der Waals surface area contributed by atoms with Crippen LogP contribution in [0.4, 0.5) is 4.39 Å². The number of rotatable bonds is 2. The van der Waals surface area contributed by atoms with Crippen LogP contribution in [0.5, 0.6) is 0 Å². The number of hydrogen-bond donors (Lipinski definition) is 2. The van der Waals surface area contributed by atoms with E-state index in [1.807, 2.05) is 0 Å². The molecule has 0 saturated carbocycles. The first-order chi connectivity index (χ1) is 8.78. The highest BCUT2D eigenvalue weighted by molar-refractivity contribution is 7.91. The Hall–Kier alpha value is -1.18. The number of halogens is 2. The van der Waals surface area contributed by atoms with Crippen molar-refractivity contribution in [2.75, 3.05) is 11.5 Å². The lowest BCUT2D eigenvalue weighted by atomic mass is 10.1. The minimum Gasteiger partial charge on any atom is -0.480 e. The minimum atomic E-state index is -3.48. The fourth-order valence-corrected chi connectivity index (χ4v) is 3.85. The molecule has 104 valence electrons. The Bertz CT molecular complexity index is 619. The van der Waals surface area contributed by atoms with E-state index in [4.69, 9.17) is 16.7 Å². The standard InChI is InChI=1S/C11H11ClFNO4S/c12-7-3-6(1-2-8(7)13)9-4-19(17,18)5-10(14-9)11(15)16/h1-3,9-10,14H,4-5H2,(H,15,16). The van der Waals surface area contributed by atoms with Crippen LogP contribution < -0.4 is 5.32 Å². The molecule has 0 bridgehead atoms. The molecule has 0 radical (unpaired) electrons. The number of benzene rings is 1. The highest BCUT2D eigenvalue weighted by Crippen LogP contribution is 2.25. The van der Waals surface area contributed by atoms with E-state index in [1.54, 1.807) is 0 Å². The lowest BCUT2D eigenvalue weighted by Crippen LogP contribution is -2.51. The number of carbonyl (C=O) groups is 1. The smallest absolute Gasteiger partial charge is 0.321 e. The zero-order chi connectivity index (χ0) is 14.2. The van der Waals surface area contributed by atoms with Gasteiger partial charge in [-0.3, -0.25) is 10.1 Å². The molecule has 2 rings (SSSR count). The second-order valence-corrected chi connectivity index (χ2v) is 6.92. The van der Waals surface area contributed by atoms with Crippen LogP contribution in [0.25, 0.3) is 0 Å². The molecule has 0 aromatic heterocycles. The molecule has 2 unspecified atom stereocenters. The van der Waals surface area contributed by atoms with Crippen LogP contribution in [0, 0.1) is 5.82 Å². The van der Waals surface area contributed by atoms with E-state index in [2.05, 4.69) is 5.32 Å². The summed E-state index contributed by atoms with van der Waals surface area (Å²) in [6, 6.07) is 1.93. The summed E-state index contributed by atoms with van der Waals surface area (Å²) in [4.78, 5) is 10.9. The van der Waals surface area contributed by atoms with Gasteiger partial charge in [-0.05, 0) is 17.7 Å². The van der Waals surface area contributed by atoms with Crippen molar-refractivity contribution in [1.29, 1.82) is 0 Å². The predicted molar refractivity (Wildman–Crippen MR) is 67.4 cm³/mol. The van der Waals surface area contributed by atoms with Crippen molar-refractivity contribution >= 4 is 27.4 Å². The van der Waals surface area contributed by atoms with Gasteiger partial charge in [-0.1, -0.05) is 17.7 Å². The van der Waals surface area contributed by atoms with E-state index in [-0.39, 0.29) is 10.8 Å². The third kappa shape index (κ3) is 3.23. The molecule has 1 aliphatic rings. The average Bonchev–Trinajstić information content (AvgIpc) is 2.30. The largest absolute Gasteiger partial charge is 0.480 e. The van der Waals surface area contributed by atoms with Crippen LogP contribution in [-0.2, 0) is 14.6 Å². The molecule has 8 heteroatoms. The Balaban J connectivity index is 2.33. The fourth-order valence-electron chi connectivity index (χ4n) is 1.98. The van der Waals surface area contributed by atoms with Crippen LogP contribution in [0.1, 0.15) is 11.6 Å². The Morgan fingerprint density at radius 1 is 1.42 bits per heavy atom. The molecular weight excluding hydrogens is 297 g/mol. The molecule has 1 heterocycles. The number of hydrogen-bond acceptors (Lipinski definition) is 4. The summed E-state index contributed by atoms with van der Waals surface area (Å²) in [5.74, 6) is -2.53. The van der Waals surface area contributed by atoms with E-state index in [9.17, 15) is 17.6 Å². The summed E-state index contributed by atoms with van der Waals surface area (Å²) >= 11 is 5.63. The summed E-state index contributed by atoms with van der Waals surface area (Å²) in [7, 11) is -3.48. The summed E-state index contributed by atoms with van der Waals surface area (Å²) in [6.45, 7) is 0. The number of nitrogens with one attached hydrogen (secondary N) is 1. The molecule has 0 spiro atoms. The van der Waals surface area contributed by atoms with Crippen LogP contribution >= 0.6 is 11.6 Å². The van der Waals surface area contributed by atoms with E-state index in [0.29, 0.717) is 5.56 Å². The highest BCUT2D eigenvalue weighted by Gasteiger charge is 2.35. The number of carboxylic acids is 1. The van der Waals surface area contributed by atoms with Gasteiger partial charge in [0.25, 0.3) is 0 Å². The first kappa shape index (κ1) is 14.2. The Morgan fingerprint density at radius 3 is 2.68 bits per heavy atom. The topological polar surface area (TPSA) is 83.5 Å². The molecular formula is C11H11ClFNO4S. The maximum absolute atomic E-state index is 13.1. The van der Waals surface area contributed by atoms with E-state index in [1.165, 1.54) is 12.1 Å². The number of aliphatic carboxylic acids is 1. The summed E-state index contributed by atoms with van der Waals surface area (Å²) in [5, 5.41) is 11.5. The van der Waals surface area contributed by atoms with Crippen molar-refractivity contribution in [3.8, 4) is 0 Å². The molecule has 19 heavy (non-hydrogen) atoms. The van der Waals surface area contributed by atoms with E-state index >= 15 is 0 Å². The third-order valence-corrected chi connectivity index (χ3v) is 4.86. The Morgan fingerprint density at radius 2 is 2.11 bits per heavy atom. The van der Waals surface area contributed by atoms with Crippen LogP contribution in [0.2, 0.25) is 5.02 Å². The first-order valence-electron chi connectivity index (χ1n) is 5.43. The second kappa shape index (κ2) is 5.07. The first-order valence-corrected chi connectivity index (χ1v) is 7.62. The van der Waals surface area contributed by atoms with Crippen molar-refractivity contribution in [3.63, 3.8) is 0 Å². The highest BCUT2D eigenvalue weighted by atomic mass is 35.5. The monoisotopic (exact) mass is 307 g/mol. The van der Waals surface area contributed by atoms with Crippen molar-refractivity contribution in [2.24, 2.45) is 0 Å². The zero-order valence-electron chi connectivity index (χ0n) is 9.64. The summed E-state index contributed by atoms with van der Waals surface area (Å²) < 4.78 is 36.4. The number of carboxylic acid groups (broad SMARTS) is 1. The second-order valence-electron chi connectivity index (χ2n) is 4.36. The molecule has 5 nitrogen and oxygen atoms in total. The molecule has 0 amide bonds. The maximum atomic E-state index is 13.1.